The predicted molar refractivity (Wildman–Crippen MR) is 107 cm³/mol. The predicted octanol–water partition coefficient (Wildman–Crippen LogP) is 2.86. The van der Waals surface area contributed by atoms with Gasteiger partial charge in [0.25, 0.3) is 11.8 Å². The Hall–Kier alpha value is -3.02. The van der Waals surface area contributed by atoms with Crippen molar-refractivity contribution in [3.63, 3.8) is 0 Å². The van der Waals surface area contributed by atoms with Crippen LogP contribution in [-0.4, -0.2) is 62.0 Å². The van der Waals surface area contributed by atoms with E-state index < -0.39 is 0 Å². The number of rotatable bonds is 5. The quantitative estimate of drug-likeness (QED) is 0.798. The zero-order valence-corrected chi connectivity index (χ0v) is 16.6. The molecule has 0 radical (unpaired) electrons. The van der Waals surface area contributed by atoms with Gasteiger partial charge in [0, 0.05) is 37.3 Å². The van der Waals surface area contributed by atoms with Crippen molar-refractivity contribution < 1.29 is 19.1 Å². The summed E-state index contributed by atoms with van der Waals surface area (Å²) in [6.45, 7) is 4.14. The Morgan fingerprint density at radius 1 is 0.786 bits per heavy atom. The summed E-state index contributed by atoms with van der Waals surface area (Å²) in [4.78, 5) is 29.1. The van der Waals surface area contributed by atoms with Gasteiger partial charge >= 0.3 is 0 Å². The molecule has 1 heterocycles. The van der Waals surface area contributed by atoms with Crippen LogP contribution in [0.1, 0.15) is 33.2 Å². The van der Waals surface area contributed by atoms with E-state index in [1.807, 2.05) is 24.3 Å². The molecule has 2 aromatic rings. The van der Waals surface area contributed by atoms with Crippen LogP contribution in [0.4, 0.5) is 0 Å². The van der Waals surface area contributed by atoms with Gasteiger partial charge in [-0.2, -0.15) is 0 Å². The Balaban J connectivity index is 1.63. The number of carbonyl (C=O) groups is 2. The van der Waals surface area contributed by atoms with Crippen molar-refractivity contribution in [3.05, 3.63) is 59.2 Å². The number of aryl methyl sites for hydroxylation is 1. The minimum atomic E-state index is -0.0691. The second-order valence-corrected chi connectivity index (χ2v) is 6.70. The van der Waals surface area contributed by atoms with E-state index in [2.05, 4.69) is 6.92 Å². The first-order valence-electron chi connectivity index (χ1n) is 9.47. The Labute approximate surface area is 165 Å². The number of benzene rings is 2. The summed E-state index contributed by atoms with van der Waals surface area (Å²) in [5.41, 5.74) is 2.45. The van der Waals surface area contributed by atoms with Crippen molar-refractivity contribution in [2.75, 3.05) is 40.4 Å². The molecule has 1 aliphatic heterocycles. The van der Waals surface area contributed by atoms with Crippen molar-refractivity contribution >= 4 is 11.8 Å². The first kappa shape index (κ1) is 19.7. The lowest BCUT2D eigenvalue weighted by molar-refractivity contribution is 0.0535. The maximum Gasteiger partial charge on any atom is 0.254 e. The van der Waals surface area contributed by atoms with Crippen LogP contribution in [0.15, 0.2) is 42.5 Å². The summed E-state index contributed by atoms with van der Waals surface area (Å²) >= 11 is 0. The Morgan fingerprint density at radius 2 is 1.29 bits per heavy atom. The number of nitrogens with zero attached hydrogens (tertiary/aromatic N) is 2. The third-order valence-electron chi connectivity index (χ3n) is 5.09. The molecule has 6 heteroatoms. The van der Waals surface area contributed by atoms with Gasteiger partial charge in [-0.1, -0.05) is 19.1 Å². The summed E-state index contributed by atoms with van der Waals surface area (Å²) in [5.74, 6) is 1.06. The molecule has 0 aliphatic carbocycles. The highest BCUT2D eigenvalue weighted by atomic mass is 16.5. The SMILES string of the molecule is CCc1ccc(C(=O)N2CCN(C(=O)c3ccc(OC)c(OC)c3)CC2)cc1. The number of carbonyl (C=O) groups excluding carboxylic acids is 2. The summed E-state index contributed by atoms with van der Waals surface area (Å²) in [6, 6.07) is 12.9. The smallest absolute Gasteiger partial charge is 0.254 e. The van der Waals surface area contributed by atoms with Crippen LogP contribution in [0.2, 0.25) is 0 Å². The van der Waals surface area contributed by atoms with Gasteiger partial charge in [-0.3, -0.25) is 9.59 Å². The number of methoxy groups -OCH3 is 2. The van der Waals surface area contributed by atoms with Crippen LogP contribution in [0.25, 0.3) is 0 Å². The molecule has 0 spiro atoms. The molecule has 28 heavy (non-hydrogen) atoms. The third-order valence-corrected chi connectivity index (χ3v) is 5.09. The van der Waals surface area contributed by atoms with Crippen LogP contribution in [-0.2, 0) is 6.42 Å². The van der Waals surface area contributed by atoms with Gasteiger partial charge in [0.2, 0.25) is 0 Å². The van der Waals surface area contributed by atoms with Gasteiger partial charge in [-0.05, 0) is 42.3 Å². The van der Waals surface area contributed by atoms with Crippen LogP contribution >= 0.6 is 0 Å². The molecule has 1 aliphatic rings. The average Bonchev–Trinajstić information content (AvgIpc) is 2.77. The van der Waals surface area contributed by atoms with Crippen molar-refractivity contribution in [2.45, 2.75) is 13.3 Å². The zero-order valence-electron chi connectivity index (χ0n) is 16.6. The molecule has 0 unspecified atom stereocenters. The standard InChI is InChI=1S/C22H26N2O4/c1-4-16-5-7-17(8-6-16)21(25)23-11-13-24(14-12-23)22(26)18-9-10-19(27-2)20(15-18)28-3/h5-10,15H,4,11-14H2,1-3H3. The van der Waals surface area contributed by atoms with Gasteiger partial charge in [0.15, 0.2) is 11.5 Å². The molecular weight excluding hydrogens is 356 g/mol. The van der Waals surface area contributed by atoms with E-state index in [0.717, 1.165) is 6.42 Å². The number of hydrogen-bond acceptors (Lipinski definition) is 4. The highest BCUT2D eigenvalue weighted by Gasteiger charge is 2.26. The Bertz CT molecular complexity index is 840. The first-order chi connectivity index (χ1) is 13.6. The number of ether oxygens (including phenoxy) is 2. The van der Waals surface area contributed by atoms with Gasteiger partial charge in [-0.25, -0.2) is 0 Å². The molecular formula is C22H26N2O4. The monoisotopic (exact) mass is 382 g/mol. The largest absolute Gasteiger partial charge is 0.493 e. The summed E-state index contributed by atoms with van der Waals surface area (Å²) in [5, 5.41) is 0. The lowest BCUT2D eigenvalue weighted by atomic mass is 10.1. The van der Waals surface area contributed by atoms with E-state index in [-0.39, 0.29) is 11.8 Å². The van der Waals surface area contributed by atoms with Crippen molar-refractivity contribution in [3.8, 4) is 11.5 Å². The van der Waals surface area contributed by atoms with Crippen LogP contribution in [0.3, 0.4) is 0 Å². The molecule has 0 saturated carbocycles. The third kappa shape index (κ3) is 4.11. The Kier molecular flexibility index (Phi) is 6.19. The molecule has 6 nitrogen and oxygen atoms in total. The maximum atomic E-state index is 12.8. The fraction of sp³-hybridized carbons (Fsp3) is 0.364. The first-order valence-corrected chi connectivity index (χ1v) is 9.47. The molecule has 0 bridgehead atoms. The molecule has 2 amide bonds. The van der Waals surface area contributed by atoms with Gasteiger partial charge in [0.1, 0.15) is 0 Å². The molecule has 3 rings (SSSR count). The second-order valence-electron chi connectivity index (χ2n) is 6.70. The van der Waals surface area contributed by atoms with E-state index in [9.17, 15) is 9.59 Å². The van der Waals surface area contributed by atoms with E-state index in [1.165, 1.54) is 5.56 Å². The molecule has 0 atom stereocenters. The number of amides is 2. The van der Waals surface area contributed by atoms with Gasteiger partial charge in [-0.15, -0.1) is 0 Å². The maximum absolute atomic E-state index is 12.8. The van der Waals surface area contributed by atoms with E-state index >= 15 is 0 Å². The molecule has 1 fully saturated rings. The second kappa shape index (κ2) is 8.78. The summed E-state index contributed by atoms with van der Waals surface area (Å²) < 4.78 is 10.5. The van der Waals surface area contributed by atoms with Gasteiger partial charge in [0.05, 0.1) is 14.2 Å². The normalized spacial score (nSPS) is 14.0. The van der Waals surface area contributed by atoms with Crippen LogP contribution in [0, 0.1) is 0 Å². The van der Waals surface area contributed by atoms with E-state index in [1.54, 1.807) is 42.2 Å². The highest BCUT2D eigenvalue weighted by molar-refractivity contribution is 5.96. The molecule has 0 aromatic heterocycles. The van der Waals surface area contributed by atoms with E-state index in [4.69, 9.17) is 9.47 Å². The molecule has 1 saturated heterocycles. The lowest BCUT2D eigenvalue weighted by Crippen LogP contribution is -2.50. The lowest BCUT2D eigenvalue weighted by Gasteiger charge is -2.35. The minimum absolute atomic E-state index is 0.0147. The topological polar surface area (TPSA) is 59.1 Å². The minimum Gasteiger partial charge on any atom is -0.493 e. The molecule has 148 valence electrons. The highest BCUT2D eigenvalue weighted by Crippen LogP contribution is 2.28. The van der Waals surface area contributed by atoms with Crippen molar-refractivity contribution in [1.29, 1.82) is 0 Å². The van der Waals surface area contributed by atoms with E-state index in [0.29, 0.717) is 48.8 Å². The fourth-order valence-electron chi connectivity index (χ4n) is 3.33. The molecule has 0 N–H and O–H groups in total. The number of piperazine rings is 1. The van der Waals surface area contributed by atoms with Crippen molar-refractivity contribution in [1.82, 2.24) is 9.80 Å². The Morgan fingerprint density at radius 3 is 1.79 bits per heavy atom. The fourth-order valence-corrected chi connectivity index (χ4v) is 3.33. The number of hydrogen-bond donors (Lipinski definition) is 0. The summed E-state index contributed by atoms with van der Waals surface area (Å²) in [7, 11) is 3.11. The van der Waals surface area contributed by atoms with Crippen molar-refractivity contribution in [2.24, 2.45) is 0 Å². The van der Waals surface area contributed by atoms with Crippen LogP contribution < -0.4 is 9.47 Å². The zero-order chi connectivity index (χ0) is 20.1. The van der Waals surface area contributed by atoms with Gasteiger partial charge < -0.3 is 19.3 Å². The molecule has 2 aromatic carbocycles. The van der Waals surface area contributed by atoms with Crippen LogP contribution in [0.5, 0.6) is 11.5 Å². The summed E-state index contributed by atoms with van der Waals surface area (Å²) in [6.07, 6.45) is 0.950. The average molecular weight is 382 g/mol.